The van der Waals surface area contributed by atoms with Crippen molar-refractivity contribution in [3.05, 3.63) is 35.9 Å². The zero-order chi connectivity index (χ0) is 12.6. The van der Waals surface area contributed by atoms with Gasteiger partial charge >= 0.3 is 0 Å². The average Bonchev–Trinajstić information content (AvgIpc) is 2.41. The standard InChI is InChI=1S/C15H23ClS/c1-3-15(13-16,11-8-12-17-4-2)14-9-6-5-7-10-14/h5-7,9-10H,3-4,8,11-13H2,1-2H3. The fourth-order valence-corrected chi connectivity index (χ4v) is 3.33. The third kappa shape index (κ3) is 4.22. The molecule has 1 aromatic carbocycles. The quantitative estimate of drug-likeness (QED) is 0.467. The average molecular weight is 271 g/mol. The predicted octanol–water partition coefficient (Wildman–Crippen LogP) is 5.11. The summed E-state index contributed by atoms with van der Waals surface area (Å²) in [6, 6.07) is 10.8. The molecule has 0 saturated carbocycles. The number of thioether (sulfide) groups is 1. The van der Waals surface area contributed by atoms with Gasteiger partial charge in [-0.25, -0.2) is 0 Å². The van der Waals surface area contributed by atoms with Crippen LogP contribution in [0.1, 0.15) is 38.7 Å². The van der Waals surface area contributed by atoms with Crippen molar-refractivity contribution in [1.29, 1.82) is 0 Å². The van der Waals surface area contributed by atoms with E-state index in [4.69, 9.17) is 11.6 Å². The molecule has 96 valence electrons. The van der Waals surface area contributed by atoms with E-state index in [1.165, 1.54) is 29.9 Å². The first-order valence-electron chi connectivity index (χ1n) is 6.48. The second-order valence-electron chi connectivity index (χ2n) is 4.43. The third-order valence-electron chi connectivity index (χ3n) is 3.47. The fraction of sp³-hybridized carbons (Fsp3) is 0.600. The van der Waals surface area contributed by atoms with E-state index in [1.807, 2.05) is 11.8 Å². The first-order chi connectivity index (χ1) is 8.29. The molecule has 0 bridgehead atoms. The Morgan fingerprint density at radius 1 is 1.18 bits per heavy atom. The van der Waals surface area contributed by atoms with Crippen molar-refractivity contribution in [1.82, 2.24) is 0 Å². The van der Waals surface area contributed by atoms with Crippen molar-refractivity contribution >= 4 is 23.4 Å². The molecule has 0 aromatic heterocycles. The lowest BCUT2D eigenvalue weighted by Crippen LogP contribution is -2.27. The number of hydrogen-bond acceptors (Lipinski definition) is 1. The third-order valence-corrected chi connectivity index (χ3v) is 4.96. The maximum atomic E-state index is 6.26. The summed E-state index contributed by atoms with van der Waals surface area (Å²) < 4.78 is 0. The molecule has 0 fully saturated rings. The first kappa shape index (κ1) is 14.9. The predicted molar refractivity (Wildman–Crippen MR) is 81.4 cm³/mol. The fourth-order valence-electron chi connectivity index (χ4n) is 2.21. The van der Waals surface area contributed by atoms with E-state index in [1.54, 1.807) is 0 Å². The maximum absolute atomic E-state index is 6.26. The van der Waals surface area contributed by atoms with Crippen LogP contribution in [-0.4, -0.2) is 17.4 Å². The van der Waals surface area contributed by atoms with Crippen molar-refractivity contribution in [2.75, 3.05) is 17.4 Å². The Kier molecular flexibility index (Phi) is 7.06. The molecule has 0 aliphatic heterocycles. The molecule has 0 saturated heterocycles. The smallest absolute Gasteiger partial charge is 0.0320 e. The van der Waals surface area contributed by atoms with Crippen LogP contribution in [0.4, 0.5) is 0 Å². The molecule has 0 heterocycles. The molecule has 0 aliphatic rings. The molecule has 0 N–H and O–H groups in total. The number of rotatable bonds is 8. The highest BCUT2D eigenvalue weighted by atomic mass is 35.5. The van der Waals surface area contributed by atoms with Crippen LogP contribution in [0.5, 0.6) is 0 Å². The topological polar surface area (TPSA) is 0 Å². The molecule has 1 aromatic rings. The summed E-state index contributed by atoms with van der Waals surface area (Å²) in [5, 5.41) is 0. The van der Waals surface area contributed by atoms with E-state index in [0.29, 0.717) is 0 Å². The highest BCUT2D eigenvalue weighted by Gasteiger charge is 2.28. The van der Waals surface area contributed by atoms with Crippen LogP contribution < -0.4 is 0 Å². The molecular weight excluding hydrogens is 248 g/mol. The SMILES string of the molecule is CCSCCCC(CC)(CCl)c1ccccc1. The van der Waals surface area contributed by atoms with Gasteiger partial charge in [-0.15, -0.1) is 11.6 Å². The highest BCUT2D eigenvalue weighted by molar-refractivity contribution is 7.99. The molecule has 2 heteroatoms. The Bertz CT molecular complexity index is 293. The van der Waals surface area contributed by atoms with Gasteiger partial charge in [0, 0.05) is 11.3 Å². The van der Waals surface area contributed by atoms with Gasteiger partial charge in [0.05, 0.1) is 0 Å². The van der Waals surface area contributed by atoms with E-state index in [-0.39, 0.29) is 5.41 Å². The van der Waals surface area contributed by atoms with Gasteiger partial charge in [-0.2, -0.15) is 11.8 Å². The minimum absolute atomic E-state index is 0.178. The van der Waals surface area contributed by atoms with Crippen LogP contribution in [0.15, 0.2) is 30.3 Å². The van der Waals surface area contributed by atoms with Crippen molar-refractivity contribution < 1.29 is 0 Å². The van der Waals surface area contributed by atoms with Crippen molar-refractivity contribution in [2.45, 2.75) is 38.5 Å². The molecule has 1 unspecified atom stereocenters. The molecule has 0 nitrogen and oxygen atoms in total. The first-order valence-corrected chi connectivity index (χ1v) is 8.17. The van der Waals surface area contributed by atoms with Gasteiger partial charge in [-0.3, -0.25) is 0 Å². The van der Waals surface area contributed by atoms with Gasteiger partial charge in [0.15, 0.2) is 0 Å². The molecule has 0 aliphatic carbocycles. The zero-order valence-corrected chi connectivity index (χ0v) is 12.5. The van der Waals surface area contributed by atoms with Crippen LogP contribution in [0.25, 0.3) is 0 Å². The lowest BCUT2D eigenvalue weighted by molar-refractivity contribution is 0.421. The van der Waals surface area contributed by atoms with Crippen LogP contribution in [0.3, 0.4) is 0 Å². The summed E-state index contributed by atoms with van der Waals surface area (Å²) in [6.07, 6.45) is 3.58. The normalized spacial score (nSPS) is 14.5. The summed E-state index contributed by atoms with van der Waals surface area (Å²) in [4.78, 5) is 0. The molecule has 0 spiro atoms. The molecule has 17 heavy (non-hydrogen) atoms. The number of hydrogen-bond donors (Lipinski definition) is 0. The Labute approximate surface area is 115 Å². The van der Waals surface area contributed by atoms with Gasteiger partial charge in [0.2, 0.25) is 0 Å². The monoisotopic (exact) mass is 270 g/mol. The van der Waals surface area contributed by atoms with E-state index in [2.05, 4.69) is 44.2 Å². The van der Waals surface area contributed by atoms with Crippen molar-refractivity contribution in [3.63, 3.8) is 0 Å². The Morgan fingerprint density at radius 3 is 2.41 bits per heavy atom. The summed E-state index contributed by atoms with van der Waals surface area (Å²) in [6.45, 7) is 4.47. The summed E-state index contributed by atoms with van der Waals surface area (Å²) in [5.41, 5.74) is 1.58. The minimum Gasteiger partial charge on any atom is -0.162 e. The Hall–Kier alpha value is -0.140. The van der Waals surface area contributed by atoms with Gasteiger partial charge < -0.3 is 0 Å². The second-order valence-corrected chi connectivity index (χ2v) is 6.10. The van der Waals surface area contributed by atoms with E-state index in [0.717, 1.165) is 12.3 Å². The Balaban J connectivity index is 2.68. The lowest BCUT2D eigenvalue weighted by atomic mass is 9.76. The van der Waals surface area contributed by atoms with Crippen LogP contribution in [0, 0.1) is 0 Å². The highest BCUT2D eigenvalue weighted by Crippen LogP contribution is 2.34. The summed E-state index contributed by atoms with van der Waals surface area (Å²) >= 11 is 8.29. The van der Waals surface area contributed by atoms with E-state index in [9.17, 15) is 0 Å². The summed E-state index contributed by atoms with van der Waals surface area (Å²) in [7, 11) is 0. The zero-order valence-electron chi connectivity index (χ0n) is 10.9. The van der Waals surface area contributed by atoms with Crippen molar-refractivity contribution in [3.8, 4) is 0 Å². The van der Waals surface area contributed by atoms with Crippen LogP contribution >= 0.6 is 23.4 Å². The largest absolute Gasteiger partial charge is 0.162 e. The second kappa shape index (κ2) is 8.05. The Morgan fingerprint density at radius 2 is 1.88 bits per heavy atom. The molecule has 0 radical (unpaired) electrons. The van der Waals surface area contributed by atoms with Crippen molar-refractivity contribution in [2.24, 2.45) is 0 Å². The van der Waals surface area contributed by atoms with Crippen LogP contribution in [-0.2, 0) is 5.41 Å². The maximum Gasteiger partial charge on any atom is 0.0320 e. The van der Waals surface area contributed by atoms with Gasteiger partial charge in [-0.1, -0.05) is 44.2 Å². The number of alkyl halides is 1. The number of benzene rings is 1. The van der Waals surface area contributed by atoms with Crippen LogP contribution in [0.2, 0.25) is 0 Å². The van der Waals surface area contributed by atoms with Gasteiger partial charge in [0.25, 0.3) is 0 Å². The molecular formula is C15H23ClS. The lowest BCUT2D eigenvalue weighted by Gasteiger charge is -2.31. The van der Waals surface area contributed by atoms with Gasteiger partial charge in [-0.05, 0) is 36.3 Å². The van der Waals surface area contributed by atoms with Gasteiger partial charge in [0.1, 0.15) is 0 Å². The molecule has 0 amide bonds. The molecule has 1 rings (SSSR count). The van der Waals surface area contributed by atoms with E-state index >= 15 is 0 Å². The molecule has 1 atom stereocenters. The number of halogens is 1. The van der Waals surface area contributed by atoms with E-state index < -0.39 is 0 Å². The summed E-state index contributed by atoms with van der Waals surface area (Å²) in [5.74, 6) is 3.19. The minimum atomic E-state index is 0.178.